The molecule has 7 heteroatoms. The summed E-state index contributed by atoms with van der Waals surface area (Å²) in [4.78, 5) is 30.5. The van der Waals surface area contributed by atoms with Crippen LogP contribution in [-0.2, 0) is 16.0 Å². The van der Waals surface area contributed by atoms with Gasteiger partial charge in [-0.15, -0.1) is 11.3 Å². The van der Waals surface area contributed by atoms with E-state index in [1.54, 1.807) is 0 Å². The van der Waals surface area contributed by atoms with E-state index in [9.17, 15) is 9.59 Å². The third-order valence-corrected chi connectivity index (χ3v) is 4.84. The fraction of sp³-hybridized carbons (Fsp3) is 0.688. The number of nitrogens with zero attached hydrogens (tertiary/aromatic N) is 2. The van der Waals surface area contributed by atoms with Gasteiger partial charge in [-0.2, -0.15) is 0 Å². The number of nitrogens with one attached hydrogen (secondary N) is 2. The SMILES string of the molecule is CN(C(=O)Cc1csc(NC(=O)C(C)(C)C)n1)C1CCNCC1. The summed E-state index contributed by atoms with van der Waals surface area (Å²) in [6.45, 7) is 7.49. The molecular weight excluding hydrogens is 312 g/mol. The van der Waals surface area contributed by atoms with Crippen molar-refractivity contribution in [1.82, 2.24) is 15.2 Å². The van der Waals surface area contributed by atoms with Gasteiger partial charge in [0.05, 0.1) is 12.1 Å². The minimum atomic E-state index is -0.461. The molecule has 1 saturated heterocycles. The molecule has 2 N–H and O–H groups in total. The summed E-state index contributed by atoms with van der Waals surface area (Å²) in [5.74, 6) is 0.00690. The third kappa shape index (κ3) is 5.00. The van der Waals surface area contributed by atoms with E-state index in [4.69, 9.17) is 0 Å². The number of carbonyl (C=O) groups excluding carboxylic acids is 2. The van der Waals surface area contributed by atoms with E-state index in [2.05, 4.69) is 15.6 Å². The highest BCUT2D eigenvalue weighted by Crippen LogP contribution is 2.21. The first-order valence-corrected chi connectivity index (χ1v) is 8.87. The van der Waals surface area contributed by atoms with Gasteiger partial charge in [0.15, 0.2) is 5.13 Å². The predicted molar refractivity (Wildman–Crippen MR) is 92.6 cm³/mol. The van der Waals surface area contributed by atoms with Crippen LogP contribution in [0.4, 0.5) is 5.13 Å². The van der Waals surface area contributed by atoms with Gasteiger partial charge < -0.3 is 15.5 Å². The van der Waals surface area contributed by atoms with Crippen LogP contribution >= 0.6 is 11.3 Å². The predicted octanol–water partition coefficient (Wildman–Crippen LogP) is 1.88. The Morgan fingerprint density at radius 2 is 2.04 bits per heavy atom. The molecule has 0 bridgehead atoms. The van der Waals surface area contributed by atoms with Gasteiger partial charge in [-0.3, -0.25) is 9.59 Å². The lowest BCUT2D eigenvalue weighted by Gasteiger charge is -2.31. The smallest absolute Gasteiger partial charge is 0.231 e. The number of hydrogen-bond donors (Lipinski definition) is 2. The van der Waals surface area contributed by atoms with Crippen LogP contribution in [-0.4, -0.2) is 47.9 Å². The van der Waals surface area contributed by atoms with Crippen molar-refractivity contribution in [2.45, 2.75) is 46.1 Å². The Hall–Kier alpha value is -1.47. The van der Waals surface area contributed by atoms with Crippen LogP contribution < -0.4 is 10.6 Å². The minimum Gasteiger partial charge on any atom is -0.342 e. The number of piperidine rings is 1. The number of carbonyl (C=O) groups is 2. The van der Waals surface area contributed by atoms with E-state index in [-0.39, 0.29) is 18.2 Å². The van der Waals surface area contributed by atoms with Crippen LogP contribution in [0, 0.1) is 5.41 Å². The van der Waals surface area contributed by atoms with Crippen molar-refractivity contribution < 1.29 is 9.59 Å². The Labute approximate surface area is 141 Å². The standard InChI is InChI=1S/C16H26N4O2S/c1-16(2,3)14(22)19-15-18-11(10-23-15)9-13(21)20(4)12-5-7-17-8-6-12/h10,12,17H,5-9H2,1-4H3,(H,18,19,22). The Balaban J connectivity index is 1.90. The van der Waals surface area contributed by atoms with Gasteiger partial charge in [-0.25, -0.2) is 4.98 Å². The third-order valence-electron chi connectivity index (χ3n) is 4.04. The largest absolute Gasteiger partial charge is 0.342 e. The number of likely N-dealkylation sites (N-methyl/N-ethyl adjacent to an activating group) is 1. The lowest BCUT2D eigenvalue weighted by atomic mass is 9.96. The molecule has 2 amide bonds. The lowest BCUT2D eigenvalue weighted by Crippen LogP contribution is -2.44. The quantitative estimate of drug-likeness (QED) is 0.879. The van der Waals surface area contributed by atoms with Gasteiger partial charge in [0.25, 0.3) is 0 Å². The zero-order valence-corrected chi connectivity index (χ0v) is 15.1. The molecule has 1 aliphatic rings. The van der Waals surface area contributed by atoms with Gasteiger partial charge >= 0.3 is 0 Å². The van der Waals surface area contributed by atoms with E-state index in [1.165, 1.54) is 11.3 Å². The molecule has 0 saturated carbocycles. The number of thiazole rings is 1. The van der Waals surface area contributed by atoms with Crippen LogP contribution in [0.15, 0.2) is 5.38 Å². The molecule has 0 radical (unpaired) electrons. The second kappa shape index (κ2) is 7.40. The van der Waals surface area contributed by atoms with Crippen LogP contribution in [0.25, 0.3) is 0 Å². The van der Waals surface area contributed by atoms with Crippen molar-refractivity contribution in [3.8, 4) is 0 Å². The maximum absolute atomic E-state index is 12.4. The molecule has 0 aromatic carbocycles. The first-order chi connectivity index (χ1) is 10.8. The summed E-state index contributed by atoms with van der Waals surface area (Å²) in [5.41, 5.74) is 0.252. The first-order valence-electron chi connectivity index (χ1n) is 7.99. The molecule has 128 valence electrons. The maximum atomic E-state index is 12.4. The topological polar surface area (TPSA) is 74.3 Å². The Kier molecular flexibility index (Phi) is 5.75. The van der Waals surface area contributed by atoms with E-state index in [0.29, 0.717) is 16.9 Å². The second-order valence-electron chi connectivity index (χ2n) is 7.01. The normalized spacial score (nSPS) is 16.2. The van der Waals surface area contributed by atoms with Gasteiger partial charge in [0.1, 0.15) is 0 Å². The lowest BCUT2D eigenvalue weighted by molar-refractivity contribution is -0.131. The van der Waals surface area contributed by atoms with Crippen molar-refractivity contribution in [2.75, 3.05) is 25.5 Å². The Morgan fingerprint density at radius 1 is 1.39 bits per heavy atom. The minimum absolute atomic E-state index is 0.0726. The number of aromatic nitrogens is 1. The summed E-state index contributed by atoms with van der Waals surface area (Å²) < 4.78 is 0. The first kappa shape index (κ1) is 17.9. The van der Waals surface area contributed by atoms with Crippen LogP contribution in [0.3, 0.4) is 0 Å². The number of amides is 2. The molecule has 6 nitrogen and oxygen atoms in total. The average molecular weight is 338 g/mol. The molecule has 1 aromatic heterocycles. The average Bonchev–Trinajstić information content (AvgIpc) is 2.93. The van der Waals surface area contributed by atoms with E-state index in [0.717, 1.165) is 25.9 Å². The Morgan fingerprint density at radius 3 is 2.65 bits per heavy atom. The van der Waals surface area contributed by atoms with E-state index < -0.39 is 5.41 Å². The molecule has 1 fully saturated rings. The van der Waals surface area contributed by atoms with Crippen molar-refractivity contribution in [1.29, 1.82) is 0 Å². The summed E-state index contributed by atoms with van der Waals surface area (Å²) in [5, 5.41) is 8.50. The highest BCUT2D eigenvalue weighted by atomic mass is 32.1. The highest BCUT2D eigenvalue weighted by molar-refractivity contribution is 7.13. The monoisotopic (exact) mass is 338 g/mol. The summed E-state index contributed by atoms with van der Waals surface area (Å²) >= 11 is 1.36. The zero-order chi connectivity index (χ0) is 17.0. The van der Waals surface area contributed by atoms with Gasteiger partial charge in [-0.1, -0.05) is 20.8 Å². The van der Waals surface area contributed by atoms with Crippen molar-refractivity contribution in [3.05, 3.63) is 11.1 Å². The fourth-order valence-electron chi connectivity index (χ4n) is 2.41. The maximum Gasteiger partial charge on any atom is 0.231 e. The number of hydrogen-bond acceptors (Lipinski definition) is 5. The zero-order valence-electron chi connectivity index (χ0n) is 14.3. The molecule has 0 atom stereocenters. The number of anilines is 1. The molecule has 1 aromatic rings. The Bertz CT molecular complexity index is 559. The van der Waals surface area contributed by atoms with Crippen LogP contribution in [0.1, 0.15) is 39.3 Å². The highest BCUT2D eigenvalue weighted by Gasteiger charge is 2.24. The molecule has 2 rings (SSSR count). The van der Waals surface area contributed by atoms with Gasteiger partial charge in [0.2, 0.25) is 11.8 Å². The van der Waals surface area contributed by atoms with E-state index >= 15 is 0 Å². The van der Waals surface area contributed by atoms with Crippen LogP contribution in [0.5, 0.6) is 0 Å². The molecule has 2 heterocycles. The van der Waals surface area contributed by atoms with Crippen molar-refractivity contribution >= 4 is 28.3 Å². The molecule has 1 aliphatic heterocycles. The molecule has 0 spiro atoms. The molecular formula is C16H26N4O2S. The molecule has 0 aliphatic carbocycles. The van der Waals surface area contributed by atoms with Crippen LogP contribution in [0.2, 0.25) is 0 Å². The number of rotatable bonds is 4. The molecule has 0 unspecified atom stereocenters. The molecule has 23 heavy (non-hydrogen) atoms. The summed E-state index contributed by atoms with van der Waals surface area (Å²) in [7, 11) is 1.87. The second-order valence-corrected chi connectivity index (χ2v) is 7.87. The summed E-state index contributed by atoms with van der Waals surface area (Å²) in [6.07, 6.45) is 2.26. The van der Waals surface area contributed by atoms with Crippen molar-refractivity contribution in [2.24, 2.45) is 5.41 Å². The summed E-state index contributed by atoms with van der Waals surface area (Å²) in [6, 6.07) is 0.308. The van der Waals surface area contributed by atoms with E-state index in [1.807, 2.05) is 38.1 Å². The van der Waals surface area contributed by atoms with Crippen molar-refractivity contribution in [3.63, 3.8) is 0 Å². The fourth-order valence-corrected chi connectivity index (χ4v) is 3.11. The van der Waals surface area contributed by atoms with Gasteiger partial charge in [0, 0.05) is 23.9 Å². The van der Waals surface area contributed by atoms with Gasteiger partial charge in [-0.05, 0) is 25.9 Å².